The minimum atomic E-state index is -1.36. The third-order valence-electron chi connectivity index (χ3n) is 5.72. The van der Waals surface area contributed by atoms with Crippen molar-refractivity contribution in [3.63, 3.8) is 0 Å². The second kappa shape index (κ2) is 12.5. The molecule has 3 atom stereocenters. The SMILES string of the molecule is O=C(N[C@@H](CO)C(=O)N[C@@H](Cc1ccccc1)C(=O)N1CCC[C@H]1C(=O)O)OCc1ccccc1. The van der Waals surface area contributed by atoms with Crippen LogP contribution >= 0.6 is 0 Å². The predicted octanol–water partition coefficient (Wildman–Crippen LogP) is 1.08. The Kier molecular flexibility index (Phi) is 9.19. The van der Waals surface area contributed by atoms with Crippen LogP contribution in [0.25, 0.3) is 0 Å². The van der Waals surface area contributed by atoms with E-state index < -0.39 is 48.6 Å². The molecule has 186 valence electrons. The highest BCUT2D eigenvalue weighted by molar-refractivity contribution is 5.93. The summed E-state index contributed by atoms with van der Waals surface area (Å²) < 4.78 is 5.10. The van der Waals surface area contributed by atoms with Gasteiger partial charge in [0.25, 0.3) is 0 Å². The number of hydrogen-bond acceptors (Lipinski definition) is 6. The monoisotopic (exact) mass is 483 g/mol. The zero-order valence-electron chi connectivity index (χ0n) is 19.1. The van der Waals surface area contributed by atoms with Gasteiger partial charge < -0.3 is 30.5 Å². The van der Waals surface area contributed by atoms with Crippen LogP contribution in [0.1, 0.15) is 24.0 Å². The summed E-state index contributed by atoms with van der Waals surface area (Å²) in [6.45, 7) is -0.475. The molecule has 1 heterocycles. The maximum Gasteiger partial charge on any atom is 0.408 e. The van der Waals surface area contributed by atoms with Gasteiger partial charge in [-0.1, -0.05) is 60.7 Å². The second-order valence-corrected chi connectivity index (χ2v) is 8.22. The molecule has 1 fully saturated rings. The lowest BCUT2D eigenvalue weighted by molar-refractivity contribution is -0.149. The van der Waals surface area contributed by atoms with Crippen LogP contribution in [-0.4, -0.2) is 70.3 Å². The number of likely N-dealkylation sites (tertiary alicyclic amines) is 1. The fourth-order valence-corrected chi connectivity index (χ4v) is 3.91. The molecule has 0 aliphatic carbocycles. The fourth-order valence-electron chi connectivity index (χ4n) is 3.91. The molecule has 3 rings (SSSR count). The average molecular weight is 484 g/mol. The summed E-state index contributed by atoms with van der Waals surface area (Å²) in [5.74, 6) is -2.42. The number of nitrogens with zero attached hydrogens (tertiary/aromatic N) is 1. The first-order valence-corrected chi connectivity index (χ1v) is 11.3. The standard InChI is InChI=1S/C25H29N3O7/c29-15-20(27-25(34)35-16-18-10-5-2-6-11-18)22(30)26-19(14-17-8-3-1-4-9-17)23(31)28-13-7-12-21(28)24(32)33/h1-6,8-11,19-21,29H,7,12-16H2,(H,26,30)(H,27,34)(H,32,33)/t19-,20-,21-/m0/s1. The van der Waals surface area contributed by atoms with Gasteiger partial charge >= 0.3 is 12.1 Å². The normalized spacial score (nSPS) is 16.7. The number of alkyl carbamates (subject to hydrolysis) is 1. The van der Waals surface area contributed by atoms with Gasteiger partial charge in [-0.3, -0.25) is 9.59 Å². The van der Waals surface area contributed by atoms with Crippen LogP contribution in [0.5, 0.6) is 0 Å². The molecule has 2 aromatic carbocycles. The van der Waals surface area contributed by atoms with E-state index in [1.165, 1.54) is 4.90 Å². The minimum Gasteiger partial charge on any atom is -0.480 e. The molecule has 10 nitrogen and oxygen atoms in total. The van der Waals surface area contributed by atoms with Crippen LogP contribution in [0.15, 0.2) is 60.7 Å². The van der Waals surface area contributed by atoms with Gasteiger partial charge in [0.1, 0.15) is 24.7 Å². The third-order valence-corrected chi connectivity index (χ3v) is 5.72. The Bertz CT molecular complexity index is 1020. The lowest BCUT2D eigenvalue weighted by Gasteiger charge is -2.28. The Hall–Kier alpha value is -3.92. The van der Waals surface area contributed by atoms with Crippen LogP contribution in [0, 0.1) is 0 Å². The van der Waals surface area contributed by atoms with Gasteiger partial charge in [0.05, 0.1) is 6.61 Å². The van der Waals surface area contributed by atoms with E-state index in [2.05, 4.69) is 10.6 Å². The molecule has 2 aromatic rings. The number of carboxylic acid groups (broad SMARTS) is 1. The van der Waals surface area contributed by atoms with Gasteiger partial charge in [0.2, 0.25) is 11.8 Å². The average Bonchev–Trinajstić information content (AvgIpc) is 3.37. The first kappa shape index (κ1) is 25.7. The maximum absolute atomic E-state index is 13.3. The number of carbonyl (C=O) groups excluding carboxylic acids is 3. The van der Waals surface area contributed by atoms with E-state index >= 15 is 0 Å². The van der Waals surface area contributed by atoms with Gasteiger partial charge in [-0.05, 0) is 24.0 Å². The van der Waals surface area contributed by atoms with Crippen LogP contribution in [0.3, 0.4) is 0 Å². The molecule has 0 aromatic heterocycles. The number of aliphatic carboxylic acids is 1. The molecular formula is C25H29N3O7. The van der Waals surface area contributed by atoms with Crippen molar-refractivity contribution in [1.29, 1.82) is 0 Å². The first-order valence-electron chi connectivity index (χ1n) is 11.3. The first-order chi connectivity index (χ1) is 16.9. The summed E-state index contributed by atoms with van der Waals surface area (Å²) in [5, 5.41) is 24.0. The number of aliphatic hydroxyl groups excluding tert-OH is 1. The lowest BCUT2D eigenvalue weighted by Crippen LogP contribution is -2.57. The van der Waals surface area contributed by atoms with Crippen LogP contribution in [0.2, 0.25) is 0 Å². The van der Waals surface area contributed by atoms with Crippen molar-refractivity contribution in [2.45, 2.75) is 44.0 Å². The molecule has 1 saturated heterocycles. The molecule has 0 radical (unpaired) electrons. The van der Waals surface area contributed by atoms with Crippen molar-refractivity contribution in [3.8, 4) is 0 Å². The molecular weight excluding hydrogens is 454 g/mol. The second-order valence-electron chi connectivity index (χ2n) is 8.22. The van der Waals surface area contributed by atoms with E-state index in [9.17, 15) is 29.4 Å². The number of amides is 3. The highest BCUT2D eigenvalue weighted by Gasteiger charge is 2.38. The summed E-state index contributed by atoms with van der Waals surface area (Å²) in [6.07, 6.45) is 0.0916. The number of ether oxygens (including phenoxy) is 1. The molecule has 35 heavy (non-hydrogen) atoms. The van der Waals surface area contributed by atoms with Crippen molar-refractivity contribution in [2.24, 2.45) is 0 Å². The zero-order valence-corrected chi connectivity index (χ0v) is 19.1. The molecule has 4 N–H and O–H groups in total. The molecule has 10 heteroatoms. The van der Waals surface area contributed by atoms with Gasteiger partial charge in [0, 0.05) is 13.0 Å². The predicted molar refractivity (Wildman–Crippen MR) is 125 cm³/mol. The molecule has 0 unspecified atom stereocenters. The highest BCUT2D eigenvalue weighted by Crippen LogP contribution is 2.19. The molecule has 1 aliphatic heterocycles. The van der Waals surface area contributed by atoms with E-state index in [1.54, 1.807) is 48.5 Å². The topological polar surface area (TPSA) is 145 Å². The Morgan fingerprint density at radius 2 is 1.57 bits per heavy atom. The molecule has 0 spiro atoms. The van der Waals surface area contributed by atoms with Crippen molar-refractivity contribution in [1.82, 2.24) is 15.5 Å². The molecule has 0 bridgehead atoms. The highest BCUT2D eigenvalue weighted by atomic mass is 16.5. The number of benzene rings is 2. The van der Waals surface area contributed by atoms with Crippen LogP contribution in [0.4, 0.5) is 4.79 Å². The van der Waals surface area contributed by atoms with E-state index in [0.717, 1.165) is 11.1 Å². The van der Waals surface area contributed by atoms with Crippen molar-refractivity contribution in [3.05, 3.63) is 71.8 Å². The van der Waals surface area contributed by atoms with E-state index in [4.69, 9.17) is 4.74 Å². The minimum absolute atomic E-state index is 0.0207. The number of nitrogens with one attached hydrogen (secondary N) is 2. The van der Waals surface area contributed by atoms with E-state index in [0.29, 0.717) is 12.8 Å². The zero-order chi connectivity index (χ0) is 25.2. The quantitative estimate of drug-likeness (QED) is 0.396. The lowest BCUT2D eigenvalue weighted by atomic mass is 10.0. The Labute approximate surface area is 202 Å². The molecule has 0 saturated carbocycles. The summed E-state index contributed by atoms with van der Waals surface area (Å²) in [5.41, 5.74) is 1.51. The fraction of sp³-hybridized carbons (Fsp3) is 0.360. The maximum atomic E-state index is 13.3. The van der Waals surface area contributed by atoms with Crippen LogP contribution in [-0.2, 0) is 32.1 Å². The van der Waals surface area contributed by atoms with E-state index in [1.807, 2.05) is 12.1 Å². The Morgan fingerprint density at radius 3 is 2.17 bits per heavy atom. The number of hydrogen-bond donors (Lipinski definition) is 4. The van der Waals surface area contributed by atoms with Crippen LogP contribution < -0.4 is 10.6 Å². The summed E-state index contributed by atoms with van der Waals surface area (Å²) in [6, 6.07) is 14.5. The number of rotatable bonds is 10. The summed E-state index contributed by atoms with van der Waals surface area (Å²) in [4.78, 5) is 51.2. The third kappa shape index (κ3) is 7.28. The van der Waals surface area contributed by atoms with Crippen molar-refractivity contribution >= 4 is 23.9 Å². The number of carbonyl (C=O) groups is 4. The van der Waals surface area contributed by atoms with Crippen molar-refractivity contribution < 1.29 is 34.1 Å². The Balaban J connectivity index is 1.67. The Morgan fingerprint density at radius 1 is 0.943 bits per heavy atom. The summed E-state index contributed by atoms with van der Waals surface area (Å²) in [7, 11) is 0. The van der Waals surface area contributed by atoms with Crippen molar-refractivity contribution in [2.75, 3.05) is 13.2 Å². The van der Waals surface area contributed by atoms with E-state index in [-0.39, 0.29) is 19.6 Å². The van der Waals surface area contributed by atoms with Gasteiger partial charge in [0.15, 0.2) is 0 Å². The molecule has 3 amide bonds. The molecule has 1 aliphatic rings. The largest absolute Gasteiger partial charge is 0.480 e. The number of carboxylic acids is 1. The smallest absolute Gasteiger partial charge is 0.408 e. The number of aliphatic hydroxyl groups is 1. The summed E-state index contributed by atoms with van der Waals surface area (Å²) >= 11 is 0. The van der Waals surface area contributed by atoms with Gasteiger partial charge in [-0.2, -0.15) is 0 Å². The van der Waals surface area contributed by atoms with Gasteiger partial charge in [-0.25, -0.2) is 9.59 Å². The van der Waals surface area contributed by atoms with Gasteiger partial charge in [-0.15, -0.1) is 0 Å².